The number of rotatable bonds is 5. The molecule has 0 fully saturated rings. The van der Waals surface area contributed by atoms with Crippen molar-refractivity contribution in [3.8, 4) is 0 Å². The molecule has 2 amide bonds. The van der Waals surface area contributed by atoms with Crippen LogP contribution in [0.1, 0.15) is 18.7 Å². The van der Waals surface area contributed by atoms with Gasteiger partial charge in [0.2, 0.25) is 5.91 Å². The minimum Gasteiger partial charge on any atom is -0.450 e. The molecule has 0 unspecified atom stereocenters. The molecule has 0 saturated carbocycles. The molecule has 1 N–H and O–H groups in total. The van der Waals surface area contributed by atoms with Crippen molar-refractivity contribution in [1.29, 1.82) is 0 Å². The molecule has 0 aromatic carbocycles. The van der Waals surface area contributed by atoms with Gasteiger partial charge >= 0.3 is 6.09 Å². The number of aromatic nitrogens is 2. The Morgan fingerprint density at radius 2 is 2.17 bits per heavy atom. The first-order chi connectivity index (χ1) is 11.0. The Bertz CT molecular complexity index is 797. The lowest BCUT2D eigenvalue weighted by atomic mass is 10.4. The van der Waals surface area contributed by atoms with E-state index in [4.69, 9.17) is 0 Å². The lowest BCUT2D eigenvalue weighted by Gasteiger charge is -2.09. The summed E-state index contributed by atoms with van der Waals surface area (Å²) in [5.41, 5.74) is -0.116. The monoisotopic (exact) mass is 355 g/mol. The lowest BCUT2D eigenvalue weighted by molar-refractivity contribution is -0.117. The van der Waals surface area contributed by atoms with Gasteiger partial charge in [0.05, 0.1) is 17.7 Å². The van der Waals surface area contributed by atoms with E-state index in [9.17, 15) is 14.4 Å². The number of carbonyl (C=O) groups excluding carboxylic acids is 2. The predicted octanol–water partition coefficient (Wildman–Crippen LogP) is 2.15. The van der Waals surface area contributed by atoms with Gasteiger partial charge in [0.25, 0.3) is 5.56 Å². The van der Waals surface area contributed by atoms with E-state index in [2.05, 4.69) is 15.0 Å². The van der Waals surface area contributed by atoms with E-state index >= 15 is 0 Å². The molecule has 9 heteroatoms. The van der Waals surface area contributed by atoms with Crippen LogP contribution < -0.4 is 10.9 Å². The van der Waals surface area contributed by atoms with Crippen molar-refractivity contribution in [2.75, 3.05) is 12.4 Å². The third-order valence-electron chi connectivity index (χ3n) is 2.90. The SMILES string of the molecule is CCOC(=O)NC(=O)CSc1nc2sc(C)cc2c(=O)n1CC. The highest BCUT2D eigenvalue weighted by atomic mass is 32.2. The topological polar surface area (TPSA) is 90.3 Å². The van der Waals surface area contributed by atoms with E-state index < -0.39 is 12.0 Å². The molecular weight excluding hydrogens is 338 g/mol. The lowest BCUT2D eigenvalue weighted by Crippen LogP contribution is -2.32. The standard InChI is InChI=1S/C14H17N3O4S2/c1-4-17-12(19)9-6-8(3)23-11(9)16-13(17)22-7-10(18)15-14(20)21-5-2/h6H,4-5,7H2,1-3H3,(H,15,18,20). The first-order valence-electron chi connectivity index (χ1n) is 7.06. The fourth-order valence-electron chi connectivity index (χ4n) is 1.95. The first-order valence-corrected chi connectivity index (χ1v) is 8.86. The fourth-order valence-corrected chi connectivity index (χ4v) is 3.74. The minimum absolute atomic E-state index is 0.0267. The number of thiophene rings is 1. The summed E-state index contributed by atoms with van der Waals surface area (Å²) in [6.07, 6.45) is -0.775. The van der Waals surface area contributed by atoms with E-state index in [0.717, 1.165) is 16.6 Å². The zero-order valence-corrected chi connectivity index (χ0v) is 14.7. The quantitative estimate of drug-likeness (QED) is 0.653. The second-order valence-electron chi connectivity index (χ2n) is 4.58. The Hall–Kier alpha value is -1.87. The summed E-state index contributed by atoms with van der Waals surface area (Å²) < 4.78 is 6.16. The molecule has 2 rings (SSSR count). The van der Waals surface area contributed by atoms with Crippen molar-refractivity contribution in [2.45, 2.75) is 32.5 Å². The van der Waals surface area contributed by atoms with Gasteiger partial charge < -0.3 is 4.74 Å². The van der Waals surface area contributed by atoms with Crippen molar-refractivity contribution < 1.29 is 14.3 Å². The summed E-state index contributed by atoms with van der Waals surface area (Å²) in [5.74, 6) is -0.519. The highest BCUT2D eigenvalue weighted by Gasteiger charge is 2.15. The smallest absolute Gasteiger partial charge is 0.413 e. The van der Waals surface area contributed by atoms with Crippen LogP contribution in [0.25, 0.3) is 10.2 Å². The van der Waals surface area contributed by atoms with Gasteiger partial charge in [0.15, 0.2) is 5.16 Å². The Morgan fingerprint density at radius 3 is 2.83 bits per heavy atom. The molecule has 0 atom stereocenters. The van der Waals surface area contributed by atoms with E-state index in [0.29, 0.717) is 21.9 Å². The van der Waals surface area contributed by atoms with E-state index in [1.807, 2.05) is 19.9 Å². The maximum Gasteiger partial charge on any atom is 0.413 e. The number of thioether (sulfide) groups is 1. The van der Waals surface area contributed by atoms with Gasteiger partial charge in [-0.15, -0.1) is 11.3 Å². The Balaban J connectivity index is 2.18. The fraction of sp³-hybridized carbons (Fsp3) is 0.429. The molecular formula is C14H17N3O4S2. The number of aryl methyl sites for hydroxylation is 1. The van der Waals surface area contributed by atoms with Crippen LogP contribution in [-0.2, 0) is 16.1 Å². The zero-order chi connectivity index (χ0) is 17.0. The molecule has 0 saturated heterocycles. The molecule has 2 heterocycles. The summed E-state index contributed by atoms with van der Waals surface area (Å²) in [5, 5.41) is 3.17. The third-order valence-corrected chi connectivity index (χ3v) is 4.83. The maximum atomic E-state index is 12.4. The molecule has 0 aliphatic heterocycles. The molecule has 7 nitrogen and oxygen atoms in total. The van der Waals surface area contributed by atoms with Gasteiger partial charge in [-0.1, -0.05) is 11.8 Å². The Kier molecular flexibility index (Phi) is 5.78. The van der Waals surface area contributed by atoms with Crippen LogP contribution in [0.15, 0.2) is 16.0 Å². The van der Waals surface area contributed by atoms with Crippen molar-refractivity contribution in [1.82, 2.24) is 14.9 Å². The Labute approximate surface area is 141 Å². The van der Waals surface area contributed by atoms with Gasteiger partial charge in [-0.05, 0) is 26.8 Å². The molecule has 23 heavy (non-hydrogen) atoms. The number of carbonyl (C=O) groups is 2. The number of hydrogen-bond donors (Lipinski definition) is 1. The summed E-state index contributed by atoms with van der Waals surface area (Å²) in [7, 11) is 0. The maximum absolute atomic E-state index is 12.4. The Morgan fingerprint density at radius 1 is 1.43 bits per heavy atom. The van der Waals surface area contributed by atoms with Crippen molar-refractivity contribution >= 4 is 45.3 Å². The molecule has 0 bridgehead atoms. The number of hydrogen-bond acceptors (Lipinski definition) is 7. The number of imide groups is 1. The molecule has 0 spiro atoms. The highest BCUT2D eigenvalue weighted by Crippen LogP contribution is 2.24. The van der Waals surface area contributed by atoms with Gasteiger partial charge in [-0.25, -0.2) is 9.78 Å². The van der Waals surface area contributed by atoms with Gasteiger partial charge in [0, 0.05) is 11.4 Å². The van der Waals surface area contributed by atoms with Crippen molar-refractivity contribution in [3.63, 3.8) is 0 Å². The summed E-state index contributed by atoms with van der Waals surface area (Å²) >= 11 is 2.56. The second kappa shape index (κ2) is 7.60. The summed E-state index contributed by atoms with van der Waals surface area (Å²) in [6.45, 7) is 6.07. The predicted molar refractivity (Wildman–Crippen MR) is 90.2 cm³/mol. The summed E-state index contributed by atoms with van der Waals surface area (Å²) in [4.78, 5) is 41.5. The second-order valence-corrected chi connectivity index (χ2v) is 6.75. The van der Waals surface area contributed by atoms with Crippen LogP contribution >= 0.6 is 23.1 Å². The summed E-state index contributed by atoms with van der Waals surface area (Å²) in [6, 6.07) is 1.82. The number of nitrogens with one attached hydrogen (secondary N) is 1. The van der Waals surface area contributed by atoms with Crippen molar-refractivity contribution in [3.05, 3.63) is 21.3 Å². The number of amides is 2. The van der Waals surface area contributed by atoms with Crippen LogP contribution in [0.2, 0.25) is 0 Å². The number of fused-ring (bicyclic) bond motifs is 1. The van der Waals surface area contributed by atoms with Crippen LogP contribution in [0, 0.1) is 6.92 Å². The molecule has 124 valence electrons. The molecule has 0 aliphatic rings. The third kappa shape index (κ3) is 4.11. The van der Waals surface area contributed by atoms with Crippen LogP contribution in [0.5, 0.6) is 0 Å². The average molecular weight is 355 g/mol. The van der Waals surface area contributed by atoms with Crippen LogP contribution in [-0.4, -0.2) is 33.9 Å². The van der Waals surface area contributed by atoms with Crippen LogP contribution in [0.3, 0.4) is 0 Å². The number of nitrogens with zero attached hydrogens (tertiary/aromatic N) is 2. The number of alkyl carbamates (subject to hydrolysis) is 1. The van der Waals surface area contributed by atoms with Crippen LogP contribution in [0.4, 0.5) is 4.79 Å². The number of ether oxygens (including phenoxy) is 1. The largest absolute Gasteiger partial charge is 0.450 e. The van der Waals surface area contributed by atoms with E-state index in [-0.39, 0.29) is 17.9 Å². The van der Waals surface area contributed by atoms with E-state index in [1.165, 1.54) is 15.9 Å². The minimum atomic E-state index is -0.775. The molecule has 0 aliphatic carbocycles. The zero-order valence-electron chi connectivity index (χ0n) is 13.0. The van der Waals surface area contributed by atoms with E-state index in [1.54, 1.807) is 6.92 Å². The average Bonchev–Trinajstić information content (AvgIpc) is 2.86. The molecule has 2 aromatic heterocycles. The van der Waals surface area contributed by atoms with Gasteiger partial charge in [0.1, 0.15) is 4.83 Å². The first kappa shape index (κ1) is 17.5. The highest BCUT2D eigenvalue weighted by molar-refractivity contribution is 7.99. The van der Waals surface area contributed by atoms with Gasteiger partial charge in [-0.2, -0.15) is 0 Å². The van der Waals surface area contributed by atoms with Gasteiger partial charge in [-0.3, -0.25) is 19.5 Å². The molecule has 0 radical (unpaired) electrons. The molecule has 2 aromatic rings. The normalized spacial score (nSPS) is 10.7. The van der Waals surface area contributed by atoms with Crippen molar-refractivity contribution in [2.24, 2.45) is 0 Å².